The number of rotatable bonds is 10. The van der Waals surface area contributed by atoms with Crippen LogP contribution in [0.3, 0.4) is 0 Å². The number of carbonyl (C=O) groups is 1. The van der Waals surface area contributed by atoms with E-state index in [9.17, 15) is 9.18 Å². The number of halogens is 1. The minimum absolute atomic E-state index is 0.0836. The summed E-state index contributed by atoms with van der Waals surface area (Å²) in [4.78, 5) is 20.2. The molecule has 0 fully saturated rings. The molecule has 0 aromatic carbocycles. The van der Waals surface area contributed by atoms with Crippen LogP contribution < -0.4 is 16.4 Å². The molecule has 0 aliphatic rings. The van der Waals surface area contributed by atoms with Crippen LogP contribution in [0.1, 0.15) is 46.7 Å². The van der Waals surface area contributed by atoms with Gasteiger partial charge in [0.25, 0.3) is 0 Å². The van der Waals surface area contributed by atoms with Crippen molar-refractivity contribution in [2.24, 2.45) is 16.6 Å². The van der Waals surface area contributed by atoms with Gasteiger partial charge in [-0.05, 0) is 45.9 Å². The van der Waals surface area contributed by atoms with Crippen molar-refractivity contribution in [2.75, 3.05) is 19.0 Å². The maximum absolute atomic E-state index is 14.9. The molecule has 0 spiro atoms. The van der Waals surface area contributed by atoms with Crippen molar-refractivity contribution in [3.8, 4) is 0 Å². The van der Waals surface area contributed by atoms with E-state index in [1.807, 2.05) is 27.7 Å². The normalized spacial score (nSPS) is 15.9. The Kier molecular flexibility index (Phi) is 8.84. The number of hydrogen-bond donors (Lipinski definition) is 4. The molecule has 1 aromatic rings. The molecular weight excluding hydrogens is 381 g/mol. The van der Waals surface area contributed by atoms with Gasteiger partial charge in [0.05, 0.1) is 0 Å². The molecule has 28 heavy (non-hydrogen) atoms. The van der Waals surface area contributed by atoms with Crippen LogP contribution in [-0.4, -0.2) is 41.9 Å². The van der Waals surface area contributed by atoms with E-state index in [-0.39, 0.29) is 11.6 Å². The molecule has 1 heterocycles. The summed E-state index contributed by atoms with van der Waals surface area (Å²) in [6, 6.07) is 2.86. The number of nitrogens with one attached hydrogen (secondary N) is 2. The summed E-state index contributed by atoms with van der Waals surface area (Å²) in [6.07, 6.45) is 1.04. The number of amidine groups is 1. The predicted octanol–water partition coefficient (Wildman–Crippen LogP) is 2.68. The van der Waals surface area contributed by atoms with E-state index in [0.29, 0.717) is 31.0 Å². The molecule has 0 aliphatic heterocycles. The fourth-order valence-electron chi connectivity index (χ4n) is 2.59. The van der Waals surface area contributed by atoms with Crippen LogP contribution in [-0.2, 0) is 15.1 Å². The molecule has 0 aliphatic carbocycles. The summed E-state index contributed by atoms with van der Waals surface area (Å²) >= 11 is 4.64. The Morgan fingerprint density at radius 2 is 2.07 bits per heavy atom. The quantitative estimate of drug-likeness (QED) is 0.155. The highest BCUT2D eigenvalue weighted by atomic mass is 32.1. The molecule has 0 saturated heterocycles. The van der Waals surface area contributed by atoms with Crippen LogP contribution in [0.15, 0.2) is 17.1 Å². The highest BCUT2D eigenvalue weighted by Gasteiger charge is 2.38. The predicted molar refractivity (Wildman–Crippen MR) is 114 cm³/mol. The lowest BCUT2D eigenvalue weighted by atomic mass is 9.90. The average Bonchev–Trinajstić information content (AvgIpc) is 2.62. The zero-order valence-corrected chi connectivity index (χ0v) is 18.3. The number of pyridine rings is 1. The molecule has 2 atom stereocenters. The van der Waals surface area contributed by atoms with Gasteiger partial charge in [0, 0.05) is 18.3 Å². The largest absolute Gasteiger partial charge is 0.360 e. The summed E-state index contributed by atoms with van der Waals surface area (Å²) in [5.41, 5.74) is 3.98. The summed E-state index contributed by atoms with van der Waals surface area (Å²) < 4.78 is 20.2. The van der Waals surface area contributed by atoms with Gasteiger partial charge in [-0.3, -0.25) is 9.79 Å². The molecular formula is C19H32FN5O2S. The molecule has 0 saturated carbocycles. The Labute approximate surface area is 172 Å². The van der Waals surface area contributed by atoms with Crippen molar-refractivity contribution < 1.29 is 13.9 Å². The molecule has 158 valence electrons. The highest BCUT2D eigenvalue weighted by Crippen LogP contribution is 2.36. The van der Waals surface area contributed by atoms with Crippen molar-refractivity contribution in [3.05, 3.63) is 23.6 Å². The lowest BCUT2D eigenvalue weighted by Gasteiger charge is -2.33. The van der Waals surface area contributed by atoms with Crippen molar-refractivity contribution in [1.82, 2.24) is 10.3 Å². The highest BCUT2D eigenvalue weighted by molar-refractivity contribution is 7.81. The SMILES string of the molecule is COC(C)(C)Nc1ccc(F)c([C@@](C)(N=C(NC=O)C(C)C)C(S)CCN)n1. The van der Waals surface area contributed by atoms with Gasteiger partial charge in [-0.25, -0.2) is 9.37 Å². The van der Waals surface area contributed by atoms with Gasteiger partial charge in [0.2, 0.25) is 6.41 Å². The van der Waals surface area contributed by atoms with Gasteiger partial charge in [-0.15, -0.1) is 0 Å². The fourth-order valence-corrected chi connectivity index (χ4v) is 2.92. The van der Waals surface area contributed by atoms with Gasteiger partial charge in [-0.1, -0.05) is 13.8 Å². The number of thiol groups is 1. The molecule has 9 heteroatoms. The average molecular weight is 414 g/mol. The third-order valence-corrected chi connectivity index (χ3v) is 5.22. The summed E-state index contributed by atoms with van der Waals surface area (Å²) in [5.74, 6) is 0.259. The number of methoxy groups -OCH3 is 1. The second-order valence-electron chi connectivity index (χ2n) is 7.52. The number of aliphatic imine (C=N–C) groups is 1. The first kappa shape index (κ1) is 24.3. The van der Waals surface area contributed by atoms with E-state index >= 15 is 0 Å². The molecule has 7 nitrogen and oxygen atoms in total. The standard InChI is InChI=1S/C19H32FN5O2S/c1-12(2)17(22-11-26)25-19(5,14(28)9-10-21)16-13(20)7-8-15(23-16)24-18(3,4)27-6/h7-8,11-12,14,28H,9-10,21H2,1-6H3,(H,23,24)(H,22,25,26)/t14?,19-/m0/s1. The molecule has 1 amide bonds. The zero-order valence-electron chi connectivity index (χ0n) is 17.4. The van der Waals surface area contributed by atoms with Gasteiger partial charge in [-0.2, -0.15) is 12.6 Å². The molecule has 1 rings (SSSR count). The lowest BCUT2D eigenvalue weighted by molar-refractivity contribution is -0.108. The zero-order chi connectivity index (χ0) is 21.5. The first-order valence-electron chi connectivity index (χ1n) is 9.19. The maximum Gasteiger partial charge on any atom is 0.212 e. The summed E-state index contributed by atoms with van der Waals surface area (Å²) in [7, 11) is 1.57. The van der Waals surface area contributed by atoms with Crippen LogP contribution in [0.4, 0.5) is 10.2 Å². The Morgan fingerprint density at radius 3 is 2.57 bits per heavy atom. The number of amides is 1. The van der Waals surface area contributed by atoms with Crippen molar-refractivity contribution >= 4 is 30.7 Å². The Bertz CT molecular complexity index is 699. The third-order valence-electron chi connectivity index (χ3n) is 4.46. The number of nitrogens with zero attached hydrogens (tertiary/aromatic N) is 2. The number of ether oxygens (including phenoxy) is 1. The Hall–Kier alpha value is -1.71. The van der Waals surface area contributed by atoms with Crippen LogP contribution in [0.25, 0.3) is 0 Å². The summed E-state index contributed by atoms with van der Waals surface area (Å²) in [5, 5.41) is 5.29. The van der Waals surface area contributed by atoms with Crippen LogP contribution in [0.2, 0.25) is 0 Å². The lowest BCUT2D eigenvalue weighted by Crippen LogP contribution is -2.40. The van der Waals surface area contributed by atoms with E-state index < -0.39 is 22.3 Å². The second kappa shape index (κ2) is 10.2. The van der Waals surface area contributed by atoms with Crippen molar-refractivity contribution in [1.29, 1.82) is 0 Å². The maximum atomic E-state index is 14.9. The molecule has 4 N–H and O–H groups in total. The summed E-state index contributed by atoms with van der Waals surface area (Å²) in [6.45, 7) is 9.52. The molecule has 1 unspecified atom stereocenters. The van der Waals surface area contributed by atoms with E-state index in [1.54, 1.807) is 14.0 Å². The number of nitrogens with two attached hydrogens (primary N) is 1. The number of carbonyl (C=O) groups excluding carboxylic acids is 1. The molecule has 1 aromatic heterocycles. The number of hydrogen-bond acceptors (Lipinski definition) is 7. The van der Waals surface area contributed by atoms with E-state index in [1.165, 1.54) is 12.1 Å². The first-order chi connectivity index (χ1) is 13.0. The Morgan fingerprint density at radius 1 is 1.43 bits per heavy atom. The van der Waals surface area contributed by atoms with E-state index in [4.69, 9.17) is 10.5 Å². The fraction of sp³-hybridized carbons (Fsp3) is 0.632. The van der Waals surface area contributed by atoms with Crippen LogP contribution in [0, 0.1) is 11.7 Å². The monoisotopic (exact) mass is 413 g/mol. The Balaban J connectivity index is 3.57. The topological polar surface area (TPSA) is 102 Å². The van der Waals surface area contributed by atoms with Gasteiger partial charge in [0.15, 0.2) is 0 Å². The molecule has 0 bridgehead atoms. The smallest absolute Gasteiger partial charge is 0.212 e. The van der Waals surface area contributed by atoms with Crippen LogP contribution >= 0.6 is 12.6 Å². The second-order valence-corrected chi connectivity index (χ2v) is 8.14. The van der Waals surface area contributed by atoms with Crippen molar-refractivity contribution in [2.45, 2.75) is 57.6 Å². The van der Waals surface area contributed by atoms with Crippen LogP contribution in [0.5, 0.6) is 0 Å². The first-order valence-corrected chi connectivity index (χ1v) is 9.70. The number of anilines is 1. The van der Waals surface area contributed by atoms with Gasteiger partial charge < -0.3 is 21.1 Å². The minimum Gasteiger partial charge on any atom is -0.360 e. The van der Waals surface area contributed by atoms with Gasteiger partial charge in [0.1, 0.15) is 34.4 Å². The van der Waals surface area contributed by atoms with Crippen molar-refractivity contribution in [3.63, 3.8) is 0 Å². The third kappa shape index (κ3) is 6.15. The minimum atomic E-state index is -1.16. The molecule has 0 radical (unpaired) electrons. The number of aromatic nitrogens is 1. The van der Waals surface area contributed by atoms with E-state index in [0.717, 1.165) is 0 Å². The van der Waals surface area contributed by atoms with E-state index in [2.05, 4.69) is 33.2 Å². The van der Waals surface area contributed by atoms with Gasteiger partial charge >= 0.3 is 0 Å².